The predicted octanol–water partition coefficient (Wildman–Crippen LogP) is -1.20. The van der Waals surface area contributed by atoms with Gasteiger partial charge in [-0.15, -0.1) is 0 Å². The van der Waals surface area contributed by atoms with Gasteiger partial charge in [0.15, 0.2) is 0 Å². The summed E-state index contributed by atoms with van der Waals surface area (Å²) in [7, 11) is 0. The van der Waals surface area contributed by atoms with Gasteiger partial charge in [-0.05, 0) is 6.92 Å². The molecule has 3 nitrogen and oxygen atoms in total. The molecule has 0 fully saturated rings. The van der Waals surface area contributed by atoms with E-state index in [4.69, 9.17) is 10.2 Å². The fraction of sp³-hybridized carbons (Fsp3) is 0.667. The SMILES string of the molecule is CC(O)C(=O)O.[KH].[Ti]. The minimum absolute atomic E-state index is 0. The van der Waals surface area contributed by atoms with E-state index >= 15 is 0 Å². The van der Waals surface area contributed by atoms with E-state index in [-0.39, 0.29) is 73.1 Å². The first kappa shape index (κ1) is 16.4. The van der Waals surface area contributed by atoms with Crippen LogP contribution in [0.25, 0.3) is 0 Å². The van der Waals surface area contributed by atoms with Crippen molar-refractivity contribution < 1.29 is 36.7 Å². The van der Waals surface area contributed by atoms with Gasteiger partial charge in [0.1, 0.15) is 6.10 Å². The van der Waals surface area contributed by atoms with Gasteiger partial charge in [0, 0.05) is 21.7 Å². The molecule has 0 spiro atoms. The molecule has 0 bridgehead atoms. The standard InChI is InChI=1S/C3H6O3.K.Ti.H/c1-2(4)3(5)6;;;/h2,4H,1H3,(H,5,6);;;. The third-order valence-electron chi connectivity index (χ3n) is 0.357. The van der Waals surface area contributed by atoms with Crippen LogP contribution < -0.4 is 0 Å². The molecule has 0 radical (unpaired) electrons. The van der Waals surface area contributed by atoms with Crippen molar-refractivity contribution in [2.24, 2.45) is 0 Å². The molecule has 0 aliphatic heterocycles. The molecule has 0 saturated carbocycles. The molecular weight excluding hydrogens is 171 g/mol. The van der Waals surface area contributed by atoms with E-state index in [1.807, 2.05) is 0 Å². The average Bonchev–Trinajstić information content (AvgIpc) is 1.36. The zero-order valence-electron chi connectivity index (χ0n) is 3.88. The Bertz CT molecular complexity index is 65.5. The minimum atomic E-state index is -1.23. The van der Waals surface area contributed by atoms with Crippen molar-refractivity contribution in [3.05, 3.63) is 0 Å². The molecule has 1 atom stereocenters. The molecule has 0 heterocycles. The summed E-state index contributed by atoms with van der Waals surface area (Å²) in [6.45, 7) is 1.20. The van der Waals surface area contributed by atoms with E-state index in [1.165, 1.54) is 6.92 Å². The summed E-state index contributed by atoms with van der Waals surface area (Å²) in [4.78, 5) is 9.45. The van der Waals surface area contributed by atoms with Gasteiger partial charge in [-0.25, -0.2) is 4.79 Å². The quantitative estimate of drug-likeness (QED) is 0.496. The van der Waals surface area contributed by atoms with Crippen LogP contribution in [0, 0.1) is 0 Å². The zero-order valence-corrected chi connectivity index (χ0v) is 5.44. The van der Waals surface area contributed by atoms with Crippen molar-refractivity contribution >= 4 is 57.4 Å². The number of carbonyl (C=O) groups is 1. The smallest absolute Gasteiger partial charge is 0 e. The average molecular weight is 178 g/mol. The van der Waals surface area contributed by atoms with E-state index < -0.39 is 12.1 Å². The Morgan fingerprint density at radius 3 is 1.75 bits per heavy atom. The number of carboxylic acid groups (broad SMARTS) is 1. The Kier molecular flexibility index (Phi) is 18.0. The predicted molar refractivity (Wildman–Crippen MR) is 26.5 cm³/mol. The van der Waals surface area contributed by atoms with E-state index in [9.17, 15) is 4.79 Å². The van der Waals surface area contributed by atoms with Gasteiger partial charge in [0.05, 0.1) is 0 Å². The normalized spacial score (nSPS) is 10.2. The van der Waals surface area contributed by atoms with Crippen molar-refractivity contribution in [3.8, 4) is 0 Å². The first-order chi connectivity index (χ1) is 2.64. The number of rotatable bonds is 1. The van der Waals surface area contributed by atoms with Crippen LogP contribution in [0.15, 0.2) is 0 Å². The third kappa shape index (κ3) is 10.7. The maximum atomic E-state index is 9.45. The van der Waals surface area contributed by atoms with Crippen LogP contribution in [-0.4, -0.2) is 73.7 Å². The number of aliphatic hydroxyl groups is 1. The number of carboxylic acids is 1. The molecular formula is C3H7KO3Ti. The summed E-state index contributed by atoms with van der Waals surface area (Å²) < 4.78 is 0. The second-order valence-electron chi connectivity index (χ2n) is 1.01. The molecule has 0 aromatic heterocycles. The Morgan fingerprint density at radius 2 is 1.75 bits per heavy atom. The minimum Gasteiger partial charge on any atom is 0 e. The first-order valence-corrected chi connectivity index (χ1v) is 1.55. The molecule has 0 aliphatic carbocycles. The Balaban J connectivity index is -0.000000125. The first-order valence-electron chi connectivity index (χ1n) is 1.55. The van der Waals surface area contributed by atoms with Crippen LogP contribution in [0.5, 0.6) is 0 Å². The summed E-state index contributed by atoms with van der Waals surface area (Å²) in [6.07, 6.45) is -1.23. The maximum absolute atomic E-state index is 9.45. The van der Waals surface area contributed by atoms with Crippen LogP contribution in [0.1, 0.15) is 6.92 Å². The molecule has 0 aromatic rings. The number of hydrogen-bond donors (Lipinski definition) is 2. The summed E-state index contributed by atoms with van der Waals surface area (Å²) in [5, 5.41) is 15.8. The second-order valence-corrected chi connectivity index (χ2v) is 1.01. The number of hydrogen-bond acceptors (Lipinski definition) is 2. The Morgan fingerprint density at radius 1 is 1.62 bits per heavy atom. The molecule has 42 valence electrons. The maximum Gasteiger partial charge on any atom is 0 e. The van der Waals surface area contributed by atoms with Crippen molar-refractivity contribution in [2.75, 3.05) is 0 Å². The summed E-state index contributed by atoms with van der Waals surface area (Å²) in [5.41, 5.74) is 0. The molecule has 0 amide bonds. The van der Waals surface area contributed by atoms with E-state index in [0.717, 1.165) is 0 Å². The van der Waals surface area contributed by atoms with Gasteiger partial charge in [0.25, 0.3) is 0 Å². The van der Waals surface area contributed by atoms with Gasteiger partial charge in [-0.3, -0.25) is 0 Å². The van der Waals surface area contributed by atoms with Crippen LogP contribution in [0.4, 0.5) is 0 Å². The molecule has 1 unspecified atom stereocenters. The molecule has 5 heteroatoms. The fourth-order valence-corrected chi connectivity index (χ4v) is 0. The monoisotopic (exact) mass is 178 g/mol. The molecule has 0 aliphatic rings. The molecule has 0 aromatic carbocycles. The van der Waals surface area contributed by atoms with Crippen LogP contribution >= 0.6 is 0 Å². The van der Waals surface area contributed by atoms with Gasteiger partial charge in [0.2, 0.25) is 0 Å². The van der Waals surface area contributed by atoms with E-state index in [0.29, 0.717) is 0 Å². The third-order valence-corrected chi connectivity index (χ3v) is 0.357. The van der Waals surface area contributed by atoms with Crippen molar-refractivity contribution in [1.29, 1.82) is 0 Å². The molecule has 0 saturated heterocycles. The van der Waals surface area contributed by atoms with Crippen LogP contribution in [0.2, 0.25) is 0 Å². The fourth-order valence-electron chi connectivity index (χ4n) is 0. The summed E-state index contributed by atoms with van der Waals surface area (Å²) in [5.74, 6) is -1.19. The molecule has 2 N–H and O–H groups in total. The van der Waals surface area contributed by atoms with Crippen LogP contribution in [0.3, 0.4) is 0 Å². The van der Waals surface area contributed by atoms with Crippen molar-refractivity contribution in [1.82, 2.24) is 0 Å². The van der Waals surface area contributed by atoms with Crippen LogP contribution in [-0.2, 0) is 26.5 Å². The van der Waals surface area contributed by atoms with E-state index in [1.54, 1.807) is 0 Å². The molecule has 8 heavy (non-hydrogen) atoms. The topological polar surface area (TPSA) is 57.5 Å². The van der Waals surface area contributed by atoms with Gasteiger partial charge < -0.3 is 10.2 Å². The van der Waals surface area contributed by atoms with E-state index in [2.05, 4.69) is 0 Å². The number of aliphatic hydroxyl groups excluding tert-OH is 1. The van der Waals surface area contributed by atoms with Crippen molar-refractivity contribution in [2.45, 2.75) is 13.0 Å². The van der Waals surface area contributed by atoms with Gasteiger partial charge >= 0.3 is 57.4 Å². The second kappa shape index (κ2) is 8.78. The van der Waals surface area contributed by atoms with Gasteiger partial charge in [-0.2, -0.15) is 0 Å². The number of aliphatic carboxylic acids is 1. The Labute approximate surface area is 105 Å². The molecule has 0 rings (SSSR count). The Hall–Kier alpha value is 1.78. The summed E-state index contributed by atoms with van der Waals surface area (Å²) in [6, 6.07) is 0. The van der Waals surface area contributed by atoms with Crippen molar-refractivity contribution in [3.63, 3.8) is 0 Å². The zero-order chi connectivity index (χ0) is 5.15. The van der Waals surface area contributed by atoms with Gasteiger partial charge in [-0.1, -0.05) is 0 Å². The summed E-state index contributed by atoms with van der Waals surface area (Å²) >= 11 is 0. The largest absolute Gasteiger partial charge is 0 e.